The Morgan fingerprint density at radius 2 is 2.16 bits per heavy atom. The van der Waals surface area contributed by atoms with Gasteiger partial charge in [0.05, 0.1) is 5.69 Å². The van der Waals surface area contributed by atoms with Crippen LogP contribution >= 0.6 is 11.3 Å². The fourth-order valence-corrected chi connectivity index (χ4v) is 3.30. The maximum atomic E-state index is 5.64. The van der Waals surface area contributed by atoms with Crippen LogP contribution in [-0.4, -0.2) is 15.9 Å². The Morgan fingerprint density at radius 3 is 2.89 bits per heavy atom. The normalized spacial score (nSPS) is 11.3. The van der Waals surface area contributed by atoms with Gasteiger partial charge in [-0.25, -0.2) is 4.98 Å². The zero-order valence-corrected chi connectivity index (χ0v) is 12.0. The van der Waals surface area contributed by atoms with Gasteiger partial charge in [0, 0.05) is 29.3 Å². The molecule has 0 atom stereocenters. The molecule has 0 radical (unpaired) electrons. The fraction of sp³-hybridized carbons (Fsp3) is 0.267. The van der Waals surface area contributed by atoms with Crippen molar-refractivity contribution in [1.29, 1.82) is 0 Å². The molecule has 98 valence electrons. The summed E-state index contributed by atoms with van der Waals surface area (Å²) in [5.41, 5.74) is 11.7. The van der Waals surface area contributed by atoms with Gasteiger partial charge in [-0.2, -0.15) is 0 Å². The molecule has 3 rings (SSSR count). The molecule has 0 unspecified atom stereocenters. The van der Waals surface area contributed by atoms with Crippen molar-refractivity contribution >= 4 is 16.3 Å². The quantitative estimate of drug-likeness (QED) is 0.795. The van der Waals surface area contributed by atoms with Crippen LogP contribution in [0.1, 0.15) is 16.8 Å². The predicted molar refractivity (Wildman–Crippen MR) is 80.7 cm³/mol. The third kappa shape index (κ3) is 2.17. The molecule has 2 N–H and O–H groups in total. The number of nitrogens with zero attached hydrogens (tertiary/aromatic N) is 2. The summed E-state index contributed by atoms with van der Waals surface area (Å²) in [6, 6.07) is 6.49. The Labute approximate surface area is 116 Å². The Hall–Kier alpha value is -1.65. The maximum absolute atomic E-state index is 5.64. The molecule has 0 bridgehead atoms. The number of rotatable bonds is 3. The Kier molecular flexibility index (Phi) is 3.12. The van der Waals surface area contributed by atoms with E-state index in [0.717, 1.165) is 17.1 Å². The molecule has 0 saturated heterocycles. The first-order chi connectivity index (χ1) is 9.19. The van der Waals surface area contributed by atoms with Crippen molar-refractivity contribution in [2.24, 2.45) is 5.73 Å². The van der Waals surface area contributed by atoms with E-state index < -0.39 is 0 Å². The SMILES string of the molecule is Cc1ccc(-c2cn3c(CCN)csc3n2)c(C)c1. The molecule has 0 amide bonds. The van der Waals surface area contributed by atoms with Crippen molar-refractivity contribution in [3.05, 3.63) is 46.6 Å². The van der Waals surface area contributed by atoms with E-state index >= 15 is 0 Å². The van der Waals surface area contributed by atoms with Gasteiger partial charge in [0.1, 0.15) is 0 Å². The highest BCUT2D eigenvalue weighted by molar-refractivity contribution is 7.15. The number of hydrogen-bond acceptors (Lipinski definition) is 3. The second kappa shape index (κ2) is 4.79. The van der Waals surface area contributed by atoms with Gasteiger partial charge in [-0.1, -0.05) is 23.8 Å². The number of hydrogen-bond donors (Lipinski definition) is 1. The highest BCUT2D eigenvalue weighted by Gasteiger charge is 2.10. The topological polar surface area (TPSA) is 43.3 Å². The van der Waals surface area contributed by atoms with Gasteiger partial charge in [-0.3, -0.25) is 4.40 Å². The first-order valence-electron chi connectivity index (χ1n) is 6.42. The Bertz CT molecular complexity index is 724. The van der Waals surface area contributed by atoms with Gasteiger partial charge in [0.15, 0.2) is 4.96 Å². The minimum Gasteiger partial charge on any atom is -0.330 e. The minimum atomic E-state index is 0.670. The second-order valence-corrected chi connectivity index (χ2v) is 5.70. The fourth-order valence-electron chi connectivity index (χ4n) is 2.39. The van der Waals surface area contributed by atoms with E-state index in [0.29, 0.717) is 6.54 Å². The third-order valence-corrected chi connectivity index (χ3v) is 4.23. The molecule has 2 aromatic heterocycles. The third-order valence-electron chi connectivity index (χ3n) is 3.34. The average Bonchev–Trinajstić information content (AvgIpc) is 2.91. The maximum Gasteiger partial charge on any atom is 0.194 e. The van der Waals surface area contributed by atoms with Gasteiger partial charge in [0.2, 0.25) is 0 Å². The molecule has 3 nitrogen and oxygen atoms in total. The van der Waals surface area contributed by atoms with Gasteiger partial charge in [-0.15, -0.1) is 11.3 Å². The lowest BCUT2D eigenvalue weighted by atomic mass is 10.0. The summed E-state index contributed by atoms with van der Waals surface area (Å²) in [6.07, 6.45) is 3.01. The Morgan fingerprint density at radius 1 is 1.32 bits per heavy atom. The zero-order chi connectivity index (χ0) is 13.4. The number of nitrogens with two attached hydrogens (primary N) is 1. The van der Waals surface area contributed by atoms with Crippen molar-refractivity contribution in [2.45, 2.75) is 20.3 Å². The van der Waals surface area contributed by atoms with Gasteiger partial charge in [-0.05, 0) is 26.0 Å². The summed E-state index contributed by atoms with van der Waals surface area (Å²) in [5, 5.41) is 2.14. The van der Waals surface area contributed by atoms with Crippen LogP contribution < -0.4 is 5.73 Å². The van der Waals surface area contributed by atoms with Crippen LogP contribution in [0.5, 0.6) is 0 Å². The number of benzene rings is 1. The molecular weight excluding hydrogens is 254 g/mol. The van der Waals surface area contributed by atoms with E-state index in [-0.39, 0.29) is 0 Å². The van der Waals surface area contributed by atoms with Gasteiger partial charge < -0.3 is 5.73 Å². The van der Waals surface area contributed by atoms with Crippen LogP contribution in [0.3, 0.4) is 0 Å². The lowest BCUT2D eigenvalue weighted by molar-refractivity contribution is 0.909. The predicted octanol–water partition coefficient (Wildman–Crippen LogP) is 3.18. The van der Waals surface area contributed by atoms with Crippen LogP contribution in [0.25, 0.3) is 16.2 Å². The summed E-state index contributed by atoms with van der Waals surface area (Å²) in [4.78, 5) is 5.76. The molecule has 4 heteroatoms. The van der Waals surface area contributed by atoms with E-state index in [9.17, 15) is 0 Å². The summed E-state index contributed by atoms with van der Waals surface area (Å²) >= 11 is 1.67. The molecule has 0 aliphatic carbocycles. The monoisotopic (exact) mass is 271 g/mol. The van der Waals surface area contributed by atoms with E-state index in [1.165, 1.54) is 22.4 Å². The molecule has 3 aromatic rings. The van der Waals surface area contributed by atoms with Crippen LogP contribution in [0.4, 0.5) is 0 Å². The molecule has 0 saturated carbocycles. The molecule has 0 spiro atoms. The van der Waals surface area contributed by atoms with Crippen molar-refractivity contribution < 1.29 is 0 Å². The highest BCUT2D eigenvalue weighted by Crippen LogP contribution is 2.26. The summed E-state index contributed by atoms with van der Waals surface area (Å²) in [5.74, 6) is 0. The van der Waals surface area contributed by atoms with Gasteiger partial charge >= 0.3 is 0 Å². The molecular formula is C15H17N3S. The van der Waals surface area contributed by atoms with E-state index in [1.807, 2.05) is 0 Å². The largest absolute Gasteiger partial charge is 0.330 e. The molecule has 0 aliphatic rings. The molecule has 0 fully saturated rings. The lowest BCUT2D eigenvalue weighted by Crippen LogP contribution is -2.04. The van der Waals surface area contributed by atoms with E-state index in [1.54, 1.807) is 11.3 Å². The molecule has 0 aliphatic heterocycles. The van der Waals surface area contributed by atoms with Crippen LogP contribution in [0.15, 0.2) is 29.8 Å². The van der Waals surface area contributed by atoms with Crippen LogP contribution in [-0.2, 0) is 6.42 Å². The summed E-state index contributed by atoms with van der Waals surface area (Å²) < 4.78 is 2.16. The van der Waals surface area contributed by atoms with Crippen molar-refractivity contribution in [2.75, 3.05) is 6.54 Å². The molecule has 1 aromatic carbocycles. The number of aryl methyl sites for hydroxylation is 2. The molecule has 2 heterocycles. The van der Waals surface area contributed by atoms with E-state index in [2.05, 4.69) is 48.0 Å². The summed E-state index contributed by atoms with van der Waals surface area (Å²) in [7, 11) is 0. The zero-order valence-electron chi connectivity index (χ0n) is 11.2. The number of imidazole rings is 1. The number of fused-ring (bicyclic) bond motifs is 1. The van der Waals surface area contributed by atoms with Gasteiger partial charge in [0.25, 0.3) is 0 Å². The lowest BCUT2D eigenvalue weighted by Gasteiger charge is -2.03. The highest BCUT2D eigenvalue weighted by atomic mass is 32.1. The first-order valence-corrected chi connectivity index (χ1v) is 7.30. The van der Waals surface area contributed by atoms with E-state index in [4.69, 9.17) is 10.7 Å². The first kappa shape index (κ1) is 12.4. The average molecular weight is 271 g/mol. The van der Waals surface area contributed by atoms with Crippen LogP contribution in [0, 0.1) is 13.8 Å². The Balaban J connectivity index is 2.10. The summed E-state index contributed by atoms with van der Waals surface area (Å²) in [6.45, 7) is 4.92. The standard InChI is InChI=1S/C15H17N3S/c1-10-3-4-13(11(2)7-10)14-8-18-12(5-6-16)9-19-15(18)17-14/h3-4,7-9H,5-6,16H2,1-2H3. The minimum absolute atomic E-state index is 0.670. The van der Waals surface area contributed by atoms with Crippen molar-refractivity contribution in [1.82, 2.24) is 9.38 Å². The smallest absolute Gasteiger partial charge is 0.194 e. The van der Waals surface area contributed by atoms with Crippen molar-refractivity contribution in [3.8, 4) is 11.3 Å². The van der Waals surface area contributed by atoms with Crippen molar-refractivity contribution in [3.63, 3.8) is 0 Å². The number of aromatic nitrogens is 2. The van der Waals surface area contributed by atoms with Crippen LogP contribution in [0.2, 0.25) is 0 Å². The second-order valence-electron chi connectivity index (χ2n) is 4.86. The number of thiazole rings is 1. The molecule has 19 heavy (non-hydrogen) atoms.